The first kappa shape index (κ1) is 13.3. The number of amidine groups is 1. The lowest BCUT2D eigenvalue weighted by Crippen LogP contribution is -2.13. The second-order valence-electron chi connectivity index (χ2n) is 4.13. The fourth-order valence-electron chi connectivity index (χ4n) is 1.75. The Hall–Kier alpha value is -2.14. The van der Waals surface area contributed by atoms with E-state index in [1.807, 2.05) is 13.8 Å². The molecule has 0 saturated heterocycles. The molecule has 6 heteroatoms. The molecule has 0 fully saturated rings. The Bertz CT molecular complexity index is 619. The van der Waals surface area contributed by atoms with Crippen molar-refractivity contribution >= 4 is 17.4 Å². The number of hydrogen-bond acceptors (Lipinski definition) is 4. The molecule has 2 rings (SSSR count). The Morgan fingerprint density at radius 1 is 1.32 bits per heavy atom. The zero-order valence-corrected chi connectivity index (χ0v) is 11.3. The largest absolute Gasteiger partial charge is 0.436 e. The van der Waals surface area contributed by atoms with Crippen LogP contribution < -0.4 is 10.5 Å². The van der Waals surface area contributed by atoms with Gasteiger partial charge in [0, 0.05) is 5.02 Å². The molecule has 0 saturated carbocycles. The first-order valence-electron chi connectivity index (χ1n) is 5.59. The Labute approximate surface area is 115 Å². The summed E-state index contributed by atoms with van der Waals surface area (Å²) in [7, 11) is 0. The van der Waals surface area contributed by atoms with E-state index in [1.165, 1.54) is 6.20 Å². The standard InChI is InChI=1S/C13H13ClN4O/c1-7-5-9(14)6-8(2)11(7)19-13-10(12(15)16)3-4-17-18-13/h3-6H,1-2H3,(H3,15,16). The highest BCUT2D eigenvalue weighted by atomic mass is 35.5. The van der Waals surface area contributed by atoms with Gasteiger partial charge >= 0.3 is 0 Å². The number of aryl methyl sites for hydroxylation is 2. The van der Waals surface area contributed by atoms with Crippen LogP contribution in [-0.2, 0) is 0 Å². The number of nitrogen functional groups attached to an aromatic ring is 1. The van der Waals surface area contributed by atoms with E-state index in [4.69, 9.17) is 27.5 Å². The van der Waals surface area contributed by atoms with Crippen molar-refractivity contribution < 1.29 is 4.74 Å². The molecule has 0 radical (unpaired) electrons. The SMILES string of the molecule is Cc1cc(Cl)cc(C)c1Oc1nnccc1C(=N)N. The van der Waals surface area contributed by atoms with E-state index in [2.05, 4.69) is 10.2 Å². The number of halogens is 1. The van der Waals surface area contributed by atoms with Gasteiger partial charge in [-0.05, 0) is 43.2 Å². The minimum absolute atomic E-state index is 0.117. The molecule has 1 aromatic carbocycles. The van der Waals surface area contributed by atoms with Crippen LogP contribution in [0, 0.1) is 19.3 Å². The zero-order chi connectivity index (χ0) is 14.0. The summed E-state index contributed by atoms with van der Waals surface area (Å²) in [6, 6.07) is 5.19. The predicted molar refractivity (Wildman–Crippen MR) is 74.0 cm³/mol. The third-order valence-electron chi connectivity index (χ3n) is 2.60. The maximum absolute atomic E-state index is 7.49. The topological polar surface area (TPSA) is 84.9 Å². The van der Waals surface area contributed by atoms with Gasteiger partial charge in [-0.3, -0.25) is 5.41 Å². The van der Waals surface area contributed by atoms with Crippen LogP contribution in [0.25, 0.3) is 0 Å². The first-order valence-corrected chi connectivity index (χ1v) is 5.97. The lowest BCUT2D eigenvalue weighted by atomic mass is 10.1. The number of hydrogen-bond donors (Lipinski definition) is 2. The maximum Gasteiger partial charge on any atom is 0.249 e. The molecular weight excluding hydrogens is 264 g/mol. The highest BCUT2D eigenvalue weighted by molar-refractivity contribution is 6.30. The smallest absolute Gasteiger partial charge is 0.249 e. The van der Waals surface area contributed by atoms with E-state index in [0.717, 1.165) is 11.1 Å². The Morgan fingerprint density at radius 3 is 2.53 bits per heavy atom. The number of ether oxygens (including phenoxy) is 1. The van der Waals surface area contributed by atoms with E-state index in [1.54, 1.807) is 18.2 Å². The molecule has 5 nitrogen and oxygen atoms in total. The molecule has 0 aliphatic rings. The first-order chi connectivity index (χ1) is 8.99. The van der Waals surface area contributed by atoms with Crippen molar-refractivity contribution in [2.75, 3.05) is 0 Å². The van der Waals surface area contributed by atoms with Crippen LogP contribution in [0.4, 0.5) is 0 Å². The molecule has 0 aliphatic heterocycles. The van der Waals surface area contributed by atoms with E-state index in [9.17, 15) is 0 Å². The Balaban J connectivity index is 2.45. The van der Waals surface area contributed by atoms with Crippen LogP contribution in [0.3, 0.4) is 0 Å². The van der Waals surface area contributed by atoms with Crippen molar-refractivity contribution in [1.29, 1.82) is 5.41 Å². The minimum Gasteiger partial charge on any atom is -0.436 e. The van der Waals surface area contributed by atoms with Crippen molar-refractivity contribution in [2.24, 2.45) is 5.73 Å². The van der Waals surface area contributed by atoms with Gasteiger partial charge in [-0.15, -0.1) is 5.10 Å². The van der Waals surface area contributed by atoms with E-state index >= 15 is 0 Å². The third-order valence-corrected chi connectivity index (χ3v) is 2.82. The van der Waals surface area contributed by atoms with Crippen molar-refractivity contribution in [3.63, 3.8) is 0 Å². The van der Waals surface area contributed by atoms with Gasteiger partial charge in [-0.1, -0.05) is 11.6 Å². The molecule has 3 N–H and O–H groups in total. The van der Waals surface area contributed by atoms with Gasteiger partial charge in [0.25, 0.3) is 0 Å². The van der Waals surface area contributed by atoms with Gasteiger partial charge < -0.3 is 10.5 Å². The summed E-state index contributed by atoms with van der Waals surface area (Å²) in [5.74, 6) is 0.741. The third kappa shape index (κ3) is 2.82. The summed E-state index contributed by atoms with van der Waals surface area (Å²) in [5, 5.41) is 15.8. The monoisotopic (exact) mass is 276 g/mol. The molecule has 1 aromatic heterocycles. The molecule has 19 heavy (non-hydrogen) atoms. The van der Waals surface area contributed by atoms with Gasteiger partial charge in [0.05, 0.1) is 11.8 Å². The molecule has 2 aromatic rings. The molecule has 1 heterocycles. The number of nitrogens with two attached hydrogens (primary N) is 1. The van der Waals surface area contributed by atoms with E-state index < -0.39 is 0 Å². The lowest BCUT2D eigenvalue weighted by Gasteiger charge is -2.13. The van der Waals surface area contributed by atoms with Crippen LogP contribution in [0.15, 0.2) is 24.4 Å². The van der Waals surface area contributed by atoms with Crippen molar-refractivity contribution in [2.45, 2.75) is 13.8 Å². The minimum atomic E-state index is -0.117. The molecule has 98 valence electrons. The number of nitrogens with zero attached hydrogens (tertiary/aromatic N) is 2. The van der Waals surface area contributed by atoms with Crippen LogP contribution in [0.5, 0.6) is 11.6 Å². The average molecular weight is 277 g/mol. The molecule has 0 unspecified atom stereocenters. The highest BCUT2D eigenvalue weighted by Crippen LogP contribution is 2.31. The summed E-state index contributed by atoms with van der Waals surface area (Å²) < 4.78 is 5.73. The van der Waals surface area contributed by atoms with Gasteiger partial charge in [-0.2, -0.15) is 5.10 Å². The van der Waals surface area contributed by atoms with Gasteiger partial charge in [0.1, 0.15) is 11.6 Å². The quantitative estimate of drug-likeness (QED) is 0.667. The van der Waals surface area contributed by atoms with Gasteiger partial charge in [-0.25, -0.2) is 0 Å². The van der Waals surface area contributed by atoms with Crippen molar-refractivity contribution in [1.82, 2.24) is 10.2 Å². The Kier molecular flexibility index (Phi) is 3.66. The van der Waals surface area contributed by atoms with Crippen LogP contribution in [0.1, 0.15) is 16.7 Å². The van der Waals surface area contributed by atoms with Crippen molar-refractivity contribution in [3.8, 4) is 11.6 Å². The second kappa shape index (κ2) is 5.24. The maximum atomic E-state index is 7.49. The fraction of sp³-hybridized carbons (Fsp3) is 0.154. The molecular formula is C13H13ClN4O. The second-order valence-corrected chi connectivity index (χ2v) is 4.57. The Morgan fingerprint density at radius 2 is 1.95 bits per heavy atom. The van der Waals surface area contributed by atoms with Crippen LogP contribution in [0.2, 0.25) is 5.02 Å². The zero-order valence-electron chi connectivity index (χ0n) is 10.6. The van der Waals surface area contributed by atoms with Crippen molar-refractivity contribution in [3.05, 3.63) is 46.1 Å². The average Bonchev–Trinajstić information content (AvgIpc) is 2.34. The van der Waals surface area contributed by atoms with Gasteiger partial charge in [0.2, 0.25) is 5.88 Å². The summed E-state index contributed by atoms with van der Waals surface area (Å²) in [6.07, 6.45) is 1.46. The number of nitrogens with one attached hydrogen (secondary N) is 1. The summed E-state index contributed by atoms with van der Waals surface area (Å²) in [5.41, 5.74) is 7.65. The number of rotatable bonds is 3. The molecule has 0 spiro atoms. The van der Waals surface area contributed by atoms with Crippen LogP contribution >= 0.6 is 11.6 Å². The van der Waals surface area contributed by atoms with Gasteiger partial charge in [0.15, 0.2) is 0 Å². The van der Waals surface area contributed by atoms with E-state index in [-0.39, 0.29) is 11.7 Å². The molecule has 0 bridgehead atoms. The molecule has 0 aliphatic carbocycles. The molecule has 0 amide bonds. The van der Waals surface area contributed by atoms with E-state index in [0.29, 0.717) is 16.3 Å². The number of benzene rings is 1. The normalized spacial score (nSPS) is 10.3. The molecule has 0 atom stereocenters. The summed E-state index contributed by atoms with van der Waals surface area (Å²) >= 11 is 5.97. The summed E-state index contributed by atoms with van der Waals surface area (Å²) in [6.45, 7) is 3.77. The highest BCUT2D eigenvalue weighted by Gasteiger charge is 2.13. The number of aromatic nitrogens is 2. The fourth-order valence-corrected chi connectivity index (χ4v) is 2.08. The lowest BCUT2D eigenvalue weighted by molar-refractivity contribution is 0.447. The summed E-state index contributed by atoms with van der Waals surface area (Å²) in [4.78, 5) is 0. The predicted octanol–water partition coefficient (Wildman–Crippen LogP) is 2.82. The van der Waals surface area contributed by atoms with Crippen LogP contribution in [-0.4, -0.2) is 16.0 Å².